The quantitative estimate of drug-likeness (QED) is 0.592. The van der Waals surface area contributed by atoms with Gasteiger partial charge in [-0.2, -0.15) is 0 Å². The topological polar surface area (TPSA) is 89.5 Å². The summed E-state index contributed by atoms with van der Waals surface area (Å²) in [7, 11) is 0. The van der Waals surface area contributed by atoms with Crippen molar-refractivity contribution < 1.29 is 9.72 Å². The third-order valence-corrected chi connectivity index (χ3v) is 3.48. The number of amides is 1. The van der Waals surface area contributed by atoms with E-state index in [9.17, 15) is 14.9 Å². The number of non-ortho nitro benzene ring substituents is 1. The van der Waals surface area contributed by atoms with Gasteiger partial charge in [0.2, 0.25) is 0 Å². The Bertz CT molecular complexity index is 901. The summed E-state index contributed by atoms with van der Waals surface area (Å²) in [5.74, 6) is -0.373. The molecule has 0 atom stereocenters. The molecule has 23 heavy (non-hydrogen) atoms. The number of imidazole rings is 1. The molecule has 116 valence electrons. The highest BCUT2D eigenvalue weighted by atomic mass is 16.6. The van der Waals surface area contributed by atoms with Crippen molar-refractivity contribution in [3.05, 3.63) is 75.7 Å². The molecule has 2 aromatic heterocycles. The molecule has 0 spiro atoms. The van der Waals surface area contributed by atoms with Crippen LogP contribution in [0.15, 0.2) is 48.8 Å². The maximum absolute atomic E-state index is 12.1. The maximum Gasteiger partial charge on any atom is 0.270 e. The van der Waals surface area contributed by atoms with Crippen LogP contribution in [0.2, 0.25) is 0 Å². The lowest BCUT2D eigenvalue weighted by Gasteiger charge is -2.03. The highest BCUT2D eigenvalue weighted by molar-refractivity contribution is 5.94. The molecule has 0 bridgehead atoms. The first-order valence-electron chi connectivity index (χ1n) is 7.00. The van der Waals surface area contributed by atoms with Crippen LogP contribution in [-0.4, -0.2) is 20.2 Å². The summed E-state index contributed by atoms with van der Waals surface area (Å²) >= 11 is 0. The van der Waals surface area contributed by atoms with Crippen molar-refractivity contribution in [1.82, 2.24) is 14.7 Å². The van der Waals surface area contributed by atoms with Crippen LogP contribution in [0.1, 0.15) is 21.6 Å². The van der Waals surface area contributed by atoms with Crippen molar-refractivity contribution in [1.29, 1.82) is 0 Å². The summed E-state index contributed by atoms with van der Waals surface area (Å²) in [4.78, 5) is 26.8. The Balaban J connectivity index is 1.74. The number of hydrogen-bond donors (Lipinski definition) is 1. The molecule has 0 unspecified atom stereocenters. The van der Waals surface area contributed by atoms with E-state index in [4.69, 9.17) is 0 Å². The van der Waals surface area contributed by atoms with E-state index in [0.717, 1.165) is 16.9 Å². The summed E-state index contributed by atoms with van der Waals surface area (Å²) in [6.07, 6.45) is 3.73. The van der Waals surface area contributed by atoms with Crippen LogP contribution in [0.4, 0.5) is 5.69 Å². The highest BCUT2D eigenvalue weighted by Crippen LogP contribution is 2.13. The monoisotopic (exact) mass is 310 g/mol. The summed E-state index contributed by atoms with van der Waals surface area (Å²) < 4.78 is 1.89. The third-order valence-electron chi connectivity index (χ3n) is 3.48. The second-order valence-corrected chi connectivity index (χ2v) is 5.14. The zero-order valence-corrected chi connectivity index (χ0v) is 12.4. The van der Waals surface area contributed by atoms with Gasteiger partial charge >= 0.3 is 0 Å². The average molecular weight is 310 g/mol. The van der Waals surface area contributed by atoms with Gasteiger partial charge in [-0.25, -0.2) is 4.98 Å². The Morgan fingerprint density at radius 2 is 2.17 bits per heavy atom. The molecule has 3 aromatic rings. The molecule has 2 heterocycles. The van der Waals surface area contributed by atoms with Crippen molar-refractivity contribution in [2.75, 3.05) is 0 Å². The lowest BCUT2D eigenvalue weighted by molar-refractivity contribution is -0.384. The fourth-order valence-corrected chi connectivity index (χ4v) is 2.32. The number of carbonyl (C=O) groups is 1. The molecule has 0 aliphatic rings. The van der Waals surface area contributed by atoms with Gasteiger partial charge in [0.15, 0.2) is 0 Å². The molecule has 0 saturated heterocycles. The number of nitro groups is 1. The molecular formula is C16H14N4O3. The summed E-state index contributed by atoms with van der Waals surface area (Å²) in [5, 5.41) is 13.5. The molecule has 0 saturated carbocycles. The smallest absolute Gasteiger partial charge is 0.270 e. The molecule has 1 aromatic carbocycles. The van der Waals surface area contributed by atoms with Crippen LogP contribution < -0.4 is 5.32 Å². The fraction of sp³-hybridized carbons (Fsp3) is 0.125. The van der Waals surface area contributed by atoms with Gasteiger partial charge in [-0.3, -0.25) is 14.9 Å². The largest absolute Gasteiger partial charge is 0.346 e. The third kappa shape index (κ3) is 3.03. The van der Waals surface area contributed by atoms with Crippen LogP contribution in [0, 0.1) is 17.0 Å². The minimum Gasteiger partial charge on any atom is -0.346 e. The Hall–Kier alpha value is -3.22. The first kappa shape index (κ1) is 14.7. The zero-order chi connectivity index (χ0) is 16.4. The van der Waals surface area contributed by atoms with E-state index >= 15 is 0 Å². The first-order chi connectivity index (χ1) is 11.0. The molecule has 0 aliphatic carbocycles. The van der Waals surface area contributed by atoms with Crippen LogP contribution in [0.3, 0.4) is 0 Å². The van der Waals surface area contributed by atoms with E-state index in [-0.39, 0.29) is 23.7 Å². The SMILES string of the molecule is Cc1cccn2cc(CNC(=O)c3cccc([N+](=O)[O-])c3)nc12. The Kier molecular flexibility index (Phi) is 3.76. The molecule has 1 N–H and O–H groups in total. The number of fused-ring (bicyclic) bond motifs is 1. The van der Waals surface area contributed by atoms with Crippen molar-refractivity contribution in [3.8, 4) is 0 Å². The van der Waals surface area contributed by atoms with Gasteiger partial charge in [0.05, 0.1) is 17.2 Å². The van der Waals surface area contributed by atoms with Crippen LogP contribution in [-0.2, 0) is 6.54 Å². The number of aryl methyl sites for hydroxylation is 1. The number of nitrogens with zero attached hydrogens (tertiary/aromatic N) is 3. The normalized spacial score (nSPS) is 10.7. The molecule has 0 radical (unpaired) electrons. The minimum absolute atomic E-state index is 0.110. The summed E-state index contributed by atoms with van der Waals surface area (Å²) in [6.45, 7) is 2.22. The number of rotatable bonds is 4. The molecule has 1 amide bonds. The number of aromatic nitrogens is 2. The molecular weight excluding hydrogens is 296 g/mol. The number of carbonyl (C=O) groups excluding carboxylic acids is 1. The summed E-state index contributed by atoms with van der Waals surface area (Å²) in [5.41, 5.74) is 2.74. The van der Waals surface area contributed by atoms with E-state index in [1.54, 1.807) is 0 Å². The Morgan fingerprint density at radius 3 is 2.91 bits per heavy atom. The molecule has 0 aliphatic heterocycles. The van der Waals surface area contributed by atoms with Gasteiger partial charge in [-0.15, -0.1) is 0 Å². The highest BCUT2D eigenvalue weighted by Gasteiger charge is 2.12. The Morgan fingerprint density at radius 1 is 1.35 bits per heavy atom. The second-order valence-electron chi connectivity index (χ2n) is 5.14. The molecule has 7 heteroatoms. The zero-order valence-electron chi connectivity index (χ0n) is 12.4. The van der Waals surface area contributed by atoms with E-state index in [1.807, 2.05) is 35.9 Å². The molecule has 3 rings (SSSR count). The standard InChI is InChI=1S/C16H14N4O3/c1-11-4-3-7-19-10-13(18-15(11)19)9-17-16(21)12-5-2-6-14(8-12)20(22)23/h2-8,10H,9H2,1H3,(H,17,21). The number of nitrogens with one attached hydrogen (secondary N) is 1. The van der Waals surface area contributed by atoms with E-state index < -0.39 is 4.92 Å². The average Bonchev–Trinajstić information content (AvgIpc) is 2.97. The van der Waals surface area contributed by atoms with E-state index in [1.165, 1.54) is 24.3 Å². The number of hydrogen-bond acceptors (Lipinski definition) is 4. The van der Waals surface area contributed by atoms with Crippen LogP contribution in [0.5, 0.6) is 0 Å². The van der Waals surface area contributed by atoms with Gasteiger partial charge in [-0.05, 0) is 24.6 Å². The minimum atomic E-state index is -0.526. The maximum atomic E-state index is 12.1. The van der Waals surface area contributed by atoms with Gasteiger partial charge in [0.1, 0.15) is 5.65 Å². The Labute approximate surface area is 131 Å². The molecule has 0 fully saturated rings. The lowest BCUT2D eigenvalue weighted by Crippen LogP contribution is -2.23. The van der Waals surface area contributed by atoms with Crippen molar-refractivity contribution in [2.24, 2.45) is 0 Å². The van der Waals surface area contributed by atoms with Crippen molar-refractivity contribution in [2.45, 2.75) is 13.5 Å². The summed E-state index contributed by atoms with van der Waals surface area (Å²) in [6, 6.07) is 9.52. The molecule has 7 nitrogen and oxygen atoms in total. The number of pyridine rings is 1. The predicted molar refractivity (Wildman–Crippen MR) is 84.2 cm³/mol. The van der Waals surface area contributed by atoms with Crippen LogP contribution >= 0.6 is 0 Å². The van der Waals surface area contributed by atoms with Crippen molar-refractivity contribution in [3.63, 3.8) is 0 Å². The number of nitro benzene ring substituents is 1. The van der Waals surface area contributed by atoms with Gasteiger partial charge in [-0.1, -0.05) is 12.1 Å². The van der Waals surface area contributed by atoms with Gasteiger partial charge in [0.25, 0.3) is 11.6 Å². The van der Waals surface area contributed by atoms with Crippen molar-refractivity contribution >= 4 is 17.2 Å². The first-order valence-corrected chi connectivity index (χ1v) is 7.00. The fourth-order valence-electron chi connectivity index (χ4n) is 2.32. The number of benzene rings is 1. The second kappa shape index (κ2) is 5.88. The van der Waals surface area contributed by atoms with E-state index in [2.05, 4.69) is 10.3 Å². The predicted octanol–water partition coefficient (Wildman–Crippen LogP) is 2.48. The van der Waals surface area contributed by atoms with Gasteiger partial charge < -0.3 is 9.72 Å². The van der Waals surface area contributed by atoms with Crippen LogP contribution in [0.25, 0.3) is 5.65 Å². The van der Waals surface area contributed by atoms with E-state index in [0.29, 0.717) is 0 Å². The lowest BCUT2D eigenvalue weighted by atomic mass is 10.2. The van der Waals surface area contributed by atoms with Gasteiger partial charge in [0, 0.05) is 30.1 Å².